The number of amides is 1. The van der Waals surface area contributed by atoms with Crippen molar-refractivity contribution in [2.75, 3.05) is 39.3 Å². The first-order chi connectivity index (χ1) is 15.7. The number of nitrogens with zero attached hydrogens (tertiary/aromatic N) is 3. The van der Waals surface area contributed by atoms with Crippen LogP contribution in [0.15, 0.2) is 47.6 Å². The molecule has 1 aromatic rings. The molecule has 1 aromatic carbocycles. The van der Waals surface area contributed by atoms with Crippen molar-refractivity contribution in [1.29, 1.82) is 0 Å². The summed E-state index contributed by atoms with van der Waals surface area (Å²) in [6.07, 6.45) is 8.65. The Kier molecular flexibility index (Phi) is 6.32. The minimum Gasteiger partial charge on any atom is -0.466 e. The third-order valence-corrected chi connectivity index (χ3v) is 7.07. The highest BCUT2D eigenvalue weighted by molar-refractivity contribution is 6.03. The van der Waals surface area contributed by atoms with E-state index in [1.54, 1.807) is 0 Å². The van der Waals surface area contributed by atoms with E-state index in [-0.39, 0.29) is 12.3 Å². The van der Waals surface area contributed by atoms with Crippen LogP contribution < -0.4 is 15.5 Å². The number of hydrazone groups is 1. The van der Waals surface area contributed by atoms with Crippen molar-refractivity contribution in [3.63, 3.8) is 0 Å². The van der Waals surface area contributed by atoms with Gasteiger partial charge in [0.15, 0.2) is 5.60 Å². The number of rotatable bonds is 5. The Morgan fingerprint density at radius 1 is 1.06 bits per heavy atom. The number of benzene rings is 1. The average molecular weight is 440 g/mol. The zero-order chi connectivity index (χ0) is 21.8. The van der Waals surface area contributed by atoms with Crippen LogP contribution in [0, 0.1) is 0 Å². The summed E-state index contributed by atoms with van der Waals surface area (Å²) in [5, 5.41) is 7.95. The van der Waals surface area contributed by atoms with Crippen molar-refractivity contribution in [3.8, 4) is 5.75 Å². The van der Waals surface area contributed by atoms with Gasteiger partial charge in [-0.15, -0.1) is 0 Å². The molecule has 0 radical (unpaired) electrons. The van der Waals surface area contributed by atoms with Gasteiger partial charge in [-0.05, 0) is 50.2 Å². The van der Waals surface area contributed by atoms with Crippen LogP contribution in [0.4, 0.5) is 4.79 Å². The Morgan fingerprint density at radius 2 is 1.81 bits per heavy atom. The number of piperazine rings is 1. The van der Waals surface area contributed by atoms with Crippen LogP contribution in [-0.2, 0) is 4.74 Å². The fourth-order valence-electron chi connectivity index (χ4n) is 4.85. The zero-order valence-corrected chi connectivity index (χ0v) is 18.5. The average Bonchev–Trinajstić information content (AvgIpc) is 2.80. The number of ether oxygens (including phenoxy) is 2. The van der Waals surface area contributed by atoms with Crippen molar-refractivity contribution in [1.82, 2.24) is 20.5 Å². The molecule has 2 N–H and O–H groups in total. The van der Waals surface area contributed by atoms with Crippen LogP contribution in [0.3, 0.4) is 0 Å². The first-order valence-corrected chi connectivity index (χ1v) is 11.9. The van der Waals surface area contributed by atoms with Gasteiger partial charge in [0, 0.05) is 45.1 Å². The fraction of sp³-hybridized carbons (Fsp3) is 0.583. The monoisotopic (exact) mass is 439 g/mol. The summed E-state index contributed by atoms with van der Waals surface area (Å²) < 4.78 is 12.1. The lowest BCUT2D eigenvalue weighted by Gasteiger charge is -2.44. The Labute approximate surface area is 189 Å². The summed E-state index contributed by atoms with van der Waals surface area (Å²) >= 11 is 0. The van der Waals surface area contributed by atoms with Crippen molar-refractivity contribution in [3.05, 3.63) is 42.5 Å². The lowest BCUT2D eigenvalue weighted by atomic mass is 9.86. The van der Waals surface area contributed by atoms with Crippen LogP contribution in [0.25, 0.3) is 0 Å². The van der Waals surface area contributed by atoms with Gasteiger partial charge in [0.2, 0.25) is 6.23 Å². The molecule has 3 aliphatic heterocycles. The number of hydrogen-bond acceptors (Lipinski definition) is 7. The molecule has 0 spiro atoms. The van der Waals surface area contributed by atoms with Gasteiger partial charge in [0.1, 0.15) is 11.5 Å². The quantitative estimate of drug-likeness (QED) is 0.733. The molecular formula is C24H33N5O3. The maximum Gasteiger partial charge on any atom is 0.410 e. The highest BCUT2D eigenvalue weighted by Crippen LogP contribution is 2.29. The smallest absolute Gasteiger partial charge is 0.410 e. The highest BCUT2D eigenvalue weighted by atomic mass is 16.6. The molecule has 0 aromatic heterocycles. The van der Waals surface area contributed by atoms with E-state index >= 15 is 0 Å². The second kappa shape index (κ2) is 9.50. The molecule has 1 amide bonds. The molecule has 1 atom stereocenters. The zero-order valence-electron chi connectivity index (χ0n) is 18.5. The summed E-state index contributed by atoms with van der Waals surface area (Å²) in [5.41, 5.74) is 3.11. The molecule has 1 aliphatic carbocycles. The molecule has 4 aliphatic rings. The summed E-state index contributed by atoms with van der Waals surface area (Å²) in [4.78, 5) is 17.5. The maximum absolute atomic E-state index is 13.1. The number of carbonyl (C=O) groups is 1. The first-order valence-electron chi connectivity index (χ1n) is 11.9. The predicted molar refractivity (Wildman–Crippen MR) is 123 cm³/mol. The van der Waals surface area contributed by atoms with Gasteiger partial charge in [0.05, 0.1) is 0 Å². The Bertz CT molecular complexity index is 840. The Hall–Kier alpha value is -2.58. The molecule has 172 valence electrons. The summed E-state index contributed by atoms with van der Waals surface area (Å²) in [6.45, 7) is 4.93. The molecular weight excluding hydrogens is 406 g/mol. The van der Waals surface area contributed by atoms with Crippen LogP contribution >= 0.6 is 0 Å². The number of para-hydroxylation sites is 1. The van der Waals surface area contributed by atoms with E-state index in [9.17, 15) is 4.79 Å². The van der Waals surface area contributed by atoms with Crippen LogP contribution in [-0.4, -0.2) is 78.7 Å². The van der Waals surface area contributed by atoms with Crippen LogP contribution in [0.2, 0.25) is 0 Å². The maximum atomic E-state index is 13.1. The standard InChI is InChI=1S/C24H33N5O3/c30-23(29-17-15-28(16-18-29)19-5-4-6-19)32-24(11-13-25-14-12-24)21-9-10-22(27-26-21)31-20-7-2-1-3-8-20/h1-3,7-10,19,22,25,27H,4-6,11-18H2. The van der Waals surface area contributed by atoms with Gasteiger partial charge in [-0.3, -0.25) is 10.3 Å². The van der Waals surface area contributed by atoms with E-state index in [1.807, 2.05) is 47.4 Å². The third kappa shape index (κ3) is 4.61. The molecule has 8 nitrogen and oxygen atoms in total. The fourth-order valence-corrected chi connectivity index (χ4v) is 4.85. The molecule has 1 unspecified atom stereocenters. The summed E-state index contributed by atoms with van der Waals surface area (Å²) in [5.74, 6) is 0.775. The van der Waals surface area contributed by atoms with E-state index < -0.39 is 5.60 Å². The van der Waals surface area contributed by atoms with Gasteiger partial charge in [-0.2, -0.15) is 5.10 Å². The lowest BCUT2D eigenvalue weighted by Crippen LogP contribution is -2.57. The SMILES string of the molecule is O=C(OC1(C2=NNC(Oc3ccccc3)C=C2)CCNCC1)N1CCN(C2CCC2)CC1. The van der Waals surface area contributed by atoms with E-state index in [0.717, 1.165) is 56.8 Å². The van der Waals surface area contributed by atoms with Crippen LogP contribution in [0.5, 0.6) is 5.75 Å². The molecule has 3 heterocycles. The van der Waals surface area contributed by atoms with Gasteiger partial charge in [-0.1, -0.05) is 24.6 Å². The van der Waals surface area contributed by atoms with Crippen molar-refractivity contribution >= 4 is 11.8 Å². The number of hydrogen-bond donors (Lipinski definition) is 2. The van der Waals surface area contributed by atoms with Gasteiger partial charge < -0.3 is 19.7 Å². The van der Waals surface area contributed by atoms with Gasteiger partial charge >= 0.3 is 6.09 Å². The second-order valence-electron chi connectivity index (χ2n) is 9.06. The minimum atomic E-state index is -0.714. The molecule has 5 rings (SSSR count). The van der Waals surface area contributed by atoms with Crippen molar-refractivity contribution < 1.29 is 14.3 Å². The molecule has 2 saturated heterocycles. The van der Waals surface area contributed by atoms with Crippen molar-refractivity contribution in [2.45, 2.75) is 50.0 Å². The first kappa shape index (κ1) is 21.3. The molecule has 8 heteroatoms. The van der Waals surface area contributed by atoms with E-state index in [2.05, 4.69) is 20.7 Å². The van der Waals surface area contributed by atoms with E-state index in [4.69, 9.17) is 9.47 Å². The van der Waals surface area contributed by atoms with Crippen molar-refractivity contribution in [2.24, 2.45) is 5.10 Å². The van der Waals surface area contributed by atoms with Crippen LogP contribution in [0.1, 0.15) is 32.1 Å². The molecule has 1 saturated carbocycles. The Balaban J connectivity index is 1.21. The Morgan fingerprint density at radius 3 is 2.44 bits per heavy atom. The summed E-state index contributed by atoms with van der Waals surface area (Å²) in [6, 6.07) is 10.4. The topological polar surface area (TPSA) is 78.4 Å². The number of carbonyl (C=O) groups excluding carboxylic acids is 1. The number of nitrogens with one attached hydrogen (secondary N) is 2. The van der Waals surface area contributed by atoms with E-state index in [0.29, 0.717) is 12.8 Å². The van der Waals surface area contributed by atoms with Gasteiger partial charge in [0.25, 0.3) is 0 Å². The minimum absolute atomic E-state index is 0.223. The second-order valence-corrected chi connectivity index (χ2v) is 9.06. The largest absolute Gasteiger partial charge is 0.466 e. The number of piperidine rings is 1. The molecule has 0 bridgehead atoms. The van der Waals surface area contributed by atoms with Gasteiger partial charge in [-0.25, -0.2) is 4.79 Å². The highest BCUT2D eigenvalue weighted by Gasteiger charge is 2.43. The normalized spacial score (nSPS) is 25.9. The summed E-state index contributed by atoms with van der Waals surface area (Å²) in [7, 11) is 0. The predicted octanol–water partition coefficient (Wildman–Crippen LogP) is 2.34. The van der Waals surface area contributed by atoms with E-state index in [1.165, 1.54) is 19.3 Å². The molecule has 3 fully saturated rings. The lowest BCUT2D eigenvalue weighted by molar-refractivity contribution is -0.00137. The third-order valence-electron chi connectivity index (χ3n) is 7.07. The molecule has 32 heavy (non-hydrogen) atoms.